The Morgan fingerprint density at radius 1 is 1.38 bits per heavy atom. The summed E-state index contributed by atoms with van der Waals surface area (Å²) in [5.74, 6) is -1.28. The Morgan fingerprint density at radius 2 is 1.92 bits per heavy atom. The first-order valence-electron chi connectivity index (χ1n) is 3.55. The van der Waals surface area contributed by atoms with Gasteiger partial charge in [-0.15, -0.1) is 0 Å². The largest absolute Gasteiger partial charge is 0.481 e. The van der Waals surface area contributed by atoms with Crippen LogP contribution in [0, 0.1) is 0 Å². The van der Waals surface area contributed by atoms with E-state index in [2.05, 4.69) is 11.3 Å². The third-order valence-electron chi connectivity index (χ3n) is 1.36. The number of hydrogen-bond donors (Lipinski definition) is 2. The number of carbonyl (C=O) groups excluding carboxylic acids is 1. The average molecular weight is 179 g/mol. The van der Waals surface area contributed by atoms with Crippen LogP contribution in [0.4, 0.5) is 5.69 Å². The molecule has 0 saturated heterocycles. The zero-order chi connectivity index (χ0) is 9.84. The summed E-state index contributed by atoms with van der Waals surface area (Å²) in [4.78, 5) is 11.1. The lowest BCUT2D eigenvalue weighted by Crippen LogP contribution is -2.03. The Kier molecular flexibility index (Phi) is 2.54. The Balaban J connectivity index is 2.78. The van der Waals surface area contributed by atoms with E-state index >= 15 is 0 Å². The highest BCUT2D eigenvalue weighted by atomic mass is 16.6. The Hall–Kier alpha value is -1.97. The fraction of sp³-hybridized carbons (Fsp3) is 0. The van der Waals surface area contributed by atoms with Crippen molar-refractivity contribution in [3.63, 3.8) is 0 Å². The molecule has 1 rings (SSSR count). The number of benzene rings is 1. The lowest BCUT2D eigenvalue weighted by molar-refractivity contribution is 0.0452. The molecule has 0 heterocycles. The smallest absolute Gasteiger partial charge is 0.345 e. The molecule has 0 bridgehead atoms. The highest BCUT2D eigenvalue weighted by Crippen LogP contribution is 2.07. The standard InChI is InChI=1S/C9H9NO3/c1-6(11)13-9(12)7-2-4-8(10)5-3-7/h2-5,11H,1,10H2. The fourth-order valence-corrected chi connectivity index (χ4v) is 0.785. The second-order valence-electron chi connectivity index (χ2n) is 2.41. The van der Waals surface area contributed by atoms with Crippen molar-refractivity contribution in [2.45, 2.75) is 0 Å². The van der Waals surface area contributed by atoms with E-state index in [0.29, 0.717) is 11.3 Å². The van der Waals surface area contributed by atoms with E-state index in [1.165, 1.54) is 12.1 Å². The van der Waals surface area contributed by atoms with Gasteiger partial charge in [-0.05, 0) is 30.8 Å². The number of esters is 1. The number of rotatable bonds is 2. The predicted octanol–water partition coefficient (Wildman–Crippen LogP) is 1.45. The van der Waals surface area contributed by atoms with Gasteiger partial charge in [-0.25, -0.2) is 4.79 Å². The van der Waals surface area contributed by atoms with Crippen molar-refractivity contribution in [3.05, 3.63) is 42.4 Å². The van der Waals surface area contributed by atoms with Crippen LogP contribution in [0.1, 0.15) is 10.4 Å². The van der Waals surface area contributed by atoms with E-state index < -0.39 is 11.9 Å². The van der Waals surface area contributed by atoms with Crippen molar-refractivity contribution in [1.29, 1.82) is 0 Å². The summed E-state index contributed by atoms with van der Waals surface area (Å²) in [5.41, 5.74) is 6.27. The monoisotopic (exact) mass is 179 g/mol. The first-order chi connectivity index (χ1) is 6.09. The molecule has 0 fully saturated rings. The van der Waals surface area contributed by atoms with Crippen LogP contribution in [0.2, 0.25) is 0 Å². The molecule has 68 valence electrons. The summed E-state index contributed by atoms with van der Waals surface area (Å²) in [6, 6.07) is 6.13. The van der Waals surface area contributed by atoms with Gasteiger partial charge in [0.1, 0.15) is 0 Å². The van der Waals surface area contributed by atoms with Crippen LogP contribution in [0.5, 0.6) is 0 Å². The van der Waals surface area contributed by atoms with Crippen molar-refractivity contribution in [2.24, 2.45) is 0 Å². The quantitative estimate of drug-likeness (QED) is 0.409. The van der Waals surface area contributed by atoms with E-state index in [-0.39, 0.29) is 0 Å². The molecule has 1 aromatic rings. The summed E-state index contributed by atoms with van der Waals surface area (Å²) in [6.07, 6.45) is 0. The number of aliphatic hydroxyl groups is 1. The molecule has 0 aliphatic rings. The molecule has 0 aliphatic heterocycles. The van der Waals surface area contributed by atoms with Crippen molar-refractivity contribution in [1.82, 2.24) is 0 Å². The summed E-state index contributed by atoms with van der Waals surface area (Å²) in [6.45, 7) is 3.03. The van der Waals surface area contributed by atoms with Crippen LogP contribution >= 0.6 is 0 Å². The third kappa shape index (κ3) is 2.52. The number of anilines is 1. The minimum atomic E-state index is -0.660. The number of carbonyl (C=O) groups is 1. The molecule has 4 heteroatoms. The first kappa shape index (κ1) is 9.12. The zero-order valence-corrected chi connectivity index (χ0v) is 6.86. The van der Waals surface area contributed by atoms with Crippen LogP contribution in [-0.4, -0.2) is 11.1 Å². The summed E-state index contributed by atoms with van der Waals surface area (Å²) < 4.78 is 4.36. The highest BCUT2D eigenvalue weighted by Gasteiger charge is 2.07. The van der Waals surface area contributed by atoms with Crippen molar-refractivity contribution in [3.8, 4) is 0 Å². The van der Waals surface area contributed by atoms with Crippen molar-refractivity contribution in [2.75, 3.05) is 5.73 Å². The third-order valence-corrected chi connectivity index (χ3v) is 1.36. The molecule has 0 unspecified atom stereocenters. The molecule has 0 atom stereocenters. The van der Waals surface area contributed by atoms with Gasteiger partial charge >= 0.3 is 5.97 Å². The highest BCUT2D eigenvalue weighted by molar-refractivity contribution is 5.90. The Bertz CT molecular complexity index is 329. The minimum Gasteiger partial charge on any atom is -0.481 e. The summed E-state index contributed by atoms with van der Waals surface area (Å²) >= 11 is 0. The average Bonchev–Trinajstić information content (AvgIpc) is 2.04. The molecule has 0 amide bonds. The van der Waals surface area contributed by atoms with E-state index in [0.717, 1.165) is 0 Å². The van der Waals surface area contributed by atoms with Gasteiger partial charge in [0, 0.05) is 5.69 Å². The van der Waals surface area contributed by atoms with Crippen LogP contribution in [0.15, 0.2) is 36.8 Å². The molecule has 13 heavy (non-hydrogen) atoms. The molecule has 0 aromatic heterocycles. The van der Waals surface area contributed by atoms with E-state index in [4.69, 9.17) is 10.8 Å². The number of ether oxygens (including phenoxy) is 1. The van der Waals surface area contributed by atoms with Gasteiger partial charge in [0.2, 0.25) is 0 Å². The number of nitrogen functional groups attached to an aromatic ring is 1. The maximum absolute atomic E-state index is 11.1. The number of nitrogens with two attached hydrogens (primary N) is 1. The lowest BCUT2D eigenvalue weighted by atomic mass is 10.2. The van der Waals surface area contributed by atoms with Crippen LogP contribution in [0.25, 0.3) is 0 Å². The fourth-order valence-electron chi connectivity index (χ4n) is 0.785. The first-order valence-corrected chi connectivity index (χ1v) is 3.55. The molecular formula is C9H9NO3. The van der Waals surface area contributed by atoms with E-state index in [9.17, 15) is 4.79 Å². The molecule has 3 N–H and O–H groups in total. The SMILES string of the molecule is C=C(O)OC(=O)c1ccc(N)cc1. The second kappa shape index (κ2) is 3.62. The second-order valence-corrected chi connectivity index (χ2v) is 2.41. The van der Waals surface area contributed by atoms with Crippen molar-refractivity contribution < 1.29 is 14.6 Å². The summed E-state index contributed by atoms with van der Waals surface area (Å²) in [7, 11) is 0. The normalized spacial score (nSPS) is 9.23. The lowest BCUT2D eigenvalue weighted by Gasteiger charge is -2.01. The van der Waals surface area contributed by atoms with Gasteiger partial charge in [0.25, 0.3) is 5.95 Å². The maximum atomic E-state index is 11.1. The minimum absolute atomic E-state index is 0.310. The van der Waals surface area contributed by atoms with Gasteiger partial charge in [0.05, 0.1) is 5.56 Å². The molecule has 4 nitrogen and oxygen atoms in total. The molecule has 0 saturated carbocycles. The Labute approximate surface area is 75.2 Å². The topological polar surface area (TPSA) is 72.5 Å². The number of aliphatic hydroxyl groups excluding tert-OH is 1. The van der Waals surface area contributed by atoms with Crippen molar-refractivity contribution >= 4 is 11.7 Å². The summed E-state index contributed by atoms with van der Waals surface area (Å²) in [5, 5.41) is 8.58. The predicted molar refractivity (Wildman–Crippen MR) is 48.0 cm³/mol. The molecule has 0 radical (unpaired) electrons. The molecule has 0 spiro atoms. The van der Waals surface area contributed by atoms with Gasteiger partial charge in [-0.3, -0.25) is 0 Å². The van der Waals surface area contributed by atoms with Gasteiger partial charge in [-0.1, -0.05) is 0 Å². The zero-order valence-electron chi connectivity index (χ0n) is 6.86. The molecule has 1 aromatic carbocycles. The molecular weight excluding hydrogens is 170 g/mol. The van der Waals surface area contributed by atoms with Crippen LogP contribution in [0.3, 0.4) is 0 Å². The maximum Gasteiger partial charge on any atom is 0.345 e. The van der Waals surface area contributed by atoms with Crippen LogP contribution in [-0.2, 0) is 4.74 Å². The van der Waals surface area contributed by atoms with Gasteiger partial charge in [-0.2, -0.15) is 0 Å². The van der Waals surface area contributed by atoms with Gasteiger partial charge < -0.3 is 15.6 Å². The number of hydrogen-bond acceptors (Lipinski definition) is 4. The van der Waals surface area contributed by atoms with Gasteiger partial charge in [0.15, 0.2) is 0 Å². The van der Waals surface area contributed by atoms with E-state index in [1.54, 1.807) is 12.1 Å². The van der Waals surface area contributed by atoms with E-state index in [1.807, 2.05) is 0 Å². The van der Waals surface area contributed by atoms with Crippen LogP contribution < -0.4 is 5.73 Å². The molecule has 0 aliphatic carbocycles. The Morgan fingerprint density at radius 3 is 2.38 bits per heavy atom.